The van der Waals surface area contributed by atoms with Crippen molar-refractivity contribution >= 4 is 39.2 Å². The molecule has 0 radical (unpaired) electrons. The van der Waals surface area contributed by atoms with Crippen molar-refractivity contribution in [2.75, 3.05) is 5.32 Å². The number of carbonyl (C=O) groups excluding carboxylic acids is 1. The van der Waals surface area contributed by atoms with Crippen LogP contribution >= 0.6 is 27.5 Å². The maximum absolute atomic E-state index is 11.7. The highest BCUT2D eigenvalue weighted by Gasteiger charge is 2.18. The molecular formula is C12H16BrClN2O. The van der Waals surface area contributed by atoms with Crippen molar-refractivity contribution in [1.82, 2.24) is 5.32 Å². The third-order valence-electron chi connectivity index (χ3n) is 2.52. The zero-order valence-electron chi connectivity index (χ0n) is 10.1. The Kier molecular flexibility index (Phi) is 4.83. The predicted molar refractivity (Wildman–Crippen MR) is 75.7 cm³/mol. The van der Waals surface area contributed by atoms with Gasteiger partial charge >= 0.3 is 6.03 Å². The van der Waals surface area contributed by atoms with Crippen molar-refractivity contribution in [3.63, 3.8) is 0 Å². The molecule has 0 aliphatic carbocycles. The molecule has 1 aromatic carbocycles. The quantitative estimate of drug-likeness (QED) is 0.851. The molecule has 2 amide bonds. The molecule has 0 heterocycles. The number of benzene rings is 1. The standard InChI is InChI=1S/C12H16BrClN2O/c1-4-12(2,3)16-11(17)15-10-6-5-8(13)7-9(10)14/h5-7H,4H2,1-3H3,(H2,15,16,17). The van der Waals surface area contributed by atoms with Crippen LogP contribution in [0.5, 0.6) is 0 Å². The maximum atomic E-state index is 11.7. The second kappa shape index (κ2) is 5.74. The number of rotatable bonds is 3. The first-order chi connectivity index (χ1) is 7.84. The molecule has 0 aliphatic rings. The van der Waals surface area contributed by atoms with Gasteiger partial charge < -0.3 is 10.6 Å². The van der Waals surface area contributed by atoms with Crippen LogP contribution in [0.4, 0.5) is 10.5 Å². The van der Waals surface area contributed by atoms with Gasteiger partial charge in [0.15, 0.2) is 0 Å². The number of anilines is 1. The Balaban J connectivity index is 2.69. The van der Waals surface area contributed by atoms with Gasteiger partial charge in [-0.1, -0.05) is 34.5 Å². The summed E-state index contributed by atoms with van der Waals surface area (Å²) in [6.07, 6.45) is 0.856. The van der Waals surface area contributed by atoms with E-state index < -0.39 is 0 Å². The Hall–Kier alpha value is -0.740. The van der Waals surface area contributed by atoms with Gasteiger partial charge in [-0.15, -0.1) is 0 Å². The van der Waals surface area contributed by atoms with E-state index in [2.05, 4.69) is 26.6 Å². The minimum absolute atomic E-state index is 0.230. The first-order valence-electron chi connectivity index (χ1n) is 5.38. The molecular weight excluding hydrogens is 304 g/mol. The van der Waals surface area contributed by atoms with Crippen LogP contribution in [0.25, 0.3) is 0 Å². The molecule has 0 bridgehead atoms. The molecule has 1 aromatic rings. The molecule has 2 N–H and O–H groups in total. The summed E-state index contributed by atoms with van der Waals surface area (Å²) < 4.78 is 0.877. The Morgan fingerprint density at radius 1 is 1.47 bits per heavy atom. The van der Waals surface area contributed by atoms with Crippen LogP contribution in [0.2, 0.25) is 5.02 Å². The summed E-state index contributed by atoms with van der Waals surface area (Å²) in [5, 5.41) is 6.10. The number of hydrogen-bond acceptors (Lipinski definition) is 1. The Labute approximate surface area is 115 Å². The topological polar surface area (TPSA) is 41.1 Å². The third kappa shape index (κ3) is 4.56. The fourth-order valence-corrected chi connectivity index (χ4v) is 1.86. The molecule has 3 nitrogen and oxygen atoms in total. The van der Waals surface area contributed by atoms with E-state index in [1.54, 1.807) is 12.1 Å². The number of carbonyl (C=O) groups is 1. The van der Waals surface area contributed by atoms with Gasteiger partial charge in [0, 0.05) is 10.0 Å². The summed E-state index contributed by atoms with van der Waals surface area (Å²) in [6.45, 7) is 5.96. The van der Waals surface area contributed by atoms with Gasteiger partial charge in [-0.2, -0.15) is 0 Å². The summed E-state index contributed by atoms with van der Waals surface area (Å²) in [7, 11) is 0. The van der Waals surface area contributed by atoms with Crippen LogP contribution < -0.4 is 10.6 Å². The molecule has 0 saturated carbocycles. The molecule has 5 heteroatoms. The highest BCUT2D eigenvalue weighted by molar-refractivity contribution is 9.10. The minimum Gasteiger partial charge on any atom is -0.333 e. The van der Waals surface area contributed by atoms with Gasteiger partial charge in [0.2, 0.25) is 0 Å². The van der Waals surface area contributed by atoms with Crippen LogP contribution in [-0.4, -0.2) is 11.6 Å². The van der Waals surface area contributed by atoms with Crippen LogP contribution in [0.1, 0.15) is 27.2 Å². The summed E-state index contributed by atoms with van der Waals surface area (Å²) in [4.78, 5) is 11.7. The summed E-state index contributed by atoms with van der Waals surface area (Å²) in [5.74, 6) is 0. The zero-order chi connectivity index (χ0) is 13.1. The first-order valence-corrected chi connectivity index (χ1v) is 6.55. The Morgan fingerprint density at radius 3 is 2.65 bits per heavy atom. The largest absolute Gasteiger partial charge is 0.333 e. The van der Waals surface area contributed by atoms with Crippen LogP contribution in [0.15, 0.2) is 22.7 Å². The van der Waals surface area contributed by atoms with E-state index in [1.807, 2.05) is 26.8 Å². The van der Waals surface area contributed by atoms with Crippen LogP contribution in [0.3, 0.4) is 0 Å². The van der Waals surface area contributed by atoms with Crippen molar-refractivity contribution in [2.24, 2.45) is 0 Å². The Morgan fingerprint density at radius 2 is 2.12 bits per heavy atom. The van der Waals surface area contributed by atoms with Crippen LogP contribution in [0, 0.1) is 0 Å². The van der Waals surface area contributed by atoms with E-state index in [-0.39, 0.29) is 11.6 Å². The highest BCUT2D eigenvalue weighted by Crippen LogP contribution is 2.25. The normalized spacial score (nSPS) is 11.1. The van der Waals surface area contributed by atoms with Crippen molar-refractivity contribution in [3.05, 3.63) is 27.7 Å². The van der Waals surface area contributed by atoms with E-state index >= 15 is 0 Å². The Bertz CT molecular complexity index is 421. The van der Waals surface area contributed by atoms with Gasteiger partial charge in [-0.3, -0.25) is 0 Å². The van der Waals surface area contributed by atoms with Crippen molar-refractivity contribution in [3.8, 4) is 0 Å². The van der Waals surface area contributed by atoms with Gasteiger partial charge in [-0.25, -0.2) is 4.79 Å². The van der Waals surface area contributed by atoms with Gasteiger partial charge in [0.1, 0.15) is 0 Å². The maximum Gasteiger partial charge on any atom is 0.319 e. The number of urea groups is 1. The van der Waals surface area contributed by atoms with E-state index in [4.69, 9.17) is 11.6 Å². The first kappa shape index (κ1) is 14.3. The third-order valence-corrected chi connectivity index (χ3v) is 3.32. The molecule has 0 aromatic heterocycles. The highest BCUT2D eigenvalue weighted by atomic mass is 79.9. The van der Waals surface area contributed by atoms with Crippen molar-refractivity contribution in [2.45, 2.75) is 32.7 Å². The van der Waals surface area contributed by atoms with E-state index in [9.17, 15) is 4.79 Å². The molecule has 0 atom stereocenters. The second-order valence-corrected chi connectivity index (χ2v) is 5.76. The number of nitrogens with one attached hydrogen (secondary N) is 2. The van der Waals surface area contributed by atoms with Gasteiger partial charge in [-0.05, 0) is 38.5 Å². The fraction of sp³-hybridized carbons (Fsp3) is 0.417. The lowest BCUT2D eigenvalue weighted by Gasteiger charge is -2.24. The average molecular weight is 320 g/mol. The van der Waals surface area contributed by atoms with E-state index in [0.717, 1.165) is 10.9 Å². The second-order valence-electron chi connectivity index (χ2n) is 4.44. The molecule has 17 heavy (non-hydrogen) atoms. The van der Waals surface area contributed by atoms with E-state index in [0.29, 0.717) is 10.7 Å². The lowest BCUT2D eigenvalue weighted by molar-refractivity contribution is 0.240. The fourth-order valence-electron chi connectivity index (χ4n) is 1.14. The zero-order valence-corrected chi connectivity index (χ0v) is 12.4. The van der Waals surface area contributed by atoms with Crippen LogP contribution in [-0.2, 0) is 0 Å². The minimum atomic E-state index is -0.249. The lowest BCUT2D eigenvalue weighted by atomic mass is 10.0. The molecule has 0 saturated heterocycles. The monoisotopic (exact) mass is 318 g/mol. The summed E-state index contributed by atoms with van der Waals surface area (Å²) in [6, 6.07) is 5.07. The molecule has 0 unspecified atom stereocenters. The number of amides is 2. The molecule has 1 rings (SSSR count). The van der Waals surface area contributed by atoms with Gasteiger partial charge in [0.05, 0.1) is 10.7 Å². The molecule has 0 fully saturated rings. The SMILES string of the molecule is CCC(C)(C)NC(=O)Nc1ccc(Br)cc1Cl. The predicted octanol–water partition coefficient (Wildman–Crippen LogP) is 4.41. The summed E-state index contributed by atoms with van der Waals surface area (Å²) >= 11 is 9.32. The average Bonchev–Trinajstić information content (AvgIpc) is 2.21. The van der Waals surface area contributed by atoms with Gasteiger partial charge in [0.25, 0.3) is 0 Å². The molecule has 94 valence electrons. The van der Waals surface area contributed by atoms with E-state index in [1.165, 1.54) is 0 Å². The molecule has 0 aliphatic heterocycles. The number of hydrogen-bond donors (Lipinski definition) is 2. The van der Waals surface area contributed by atoms with Crippen molar-refractivity contribution in [1.29, 1.82) is 0 Å². The van der Waals surface area contributed by atoms with Crippen molar-refractivity contribution < 1.29 is 4.79 Å². The smallest absolute Gasteiger partial charge is 0.319 e. The lowest BCUT2D eigenvalue weighted by Crippen LogP contribution is -2.45. The molecule has 0 spiro atoms. The summed E-state index contributed by atoms with van der Waals surface area (Å²) in [5.41, 5.74) is 0.366. The number of halogens is 2.